The Kier molecular flexibility index (Phi) is 3.06. The third-order valence-electron chi connectivity index (χ3n) is 2.90. The predicted molar refractivity (Wildman–Crippen MR) is 70.5 cm³/mol. The lowest BCUT2D eigenvalue weighted by molar-refractivity contribution is 0.566. The largest absolute Gasteiger partial charge is 0.444 e. The molecule has 20 heavy (non-hydrogen) atoms. The molecule has 0 fully saturated rings. The zero-order valence-corrected chi connectivity index (χ0v) is 11.2. The van der Waals surface area contributed by atoms with Gasteiger partial charge in [0.1, 0.15) is 29.4 Å². The van der Waals surface area contributed by atoms with Gasteiger partial charge in [0.2, 0.25) is 5.89 Å². The molecular weight excluding hydrogens is 259 g/mol. The zero-order chi connectivity index (χ0) is 14.1. The van der Waals surface area contributed by atoms with Crippen LogP contribution >= 0.6 is 0 Å². The van der Waals surface area contributed by atoms with Gasteiger partial charge in [-0.2, -0.15) is 5.10 Å². The van der Waals surface area contributed by atoms with Crippen molar-refractivity contribution in [3.05, 3.63) is 53.7 Å². The first-order valence-electron chi connectivity index (χ1n) is 6.20. The van der Waals surface area contributed by atoms with Crippen molar-refractivity contribution in [3.63, 3.8) is 0 Å². The number of aromatic nitrogens is 4. The van der Waals surface area contributed by atoms with E-state index in [2.05, 4.69) is 15.1 Å². The van der Waals surface area contributed by atoms with Crippen LogP contribution in [-0.4, -0.2) is 19.7 Å². The Labute approximate surface area is 115 Å². The van der Waals surface area contributed by atoms with Crippen molar-refractivity contribution in [1.82, 2.24) is 19.7 Å². The molecule has 0 unspecified atom stereocenters. The van der Waals surface area contributed by atoms with Crippen LogP contribution in [0.4, 0.5) is 4.39 Å². The molecule has 0 radical (unpaired) electrons. The average Bonchev–Trinajstić information content (AvgIpc) is 2.97. The van der Waals surface area contributed by atoms with E-state index in [9.17, 15) is 4.39 Å². The van der Waals surface area contributed by atoms with Gasteiger partial charge >= 0.3 is 0 Å². The van der Waals surface area contributed by atoms with E-state index >= 15 is 0 Å². The summed E-state index contributed by atoms with van der Waals surface area (Å²) in [7, 11) is 0. The minimum absolute atomic E-state index is 0.315. The second-order valence-electron chi connectivity index (χ2n) is 4.52. The number of benzene rings is 1. The molecule has 0 aliphatic heterocycles. The van der Waals surface area contributed by atoms with Gasteiger partial charge < -0.3 is 4.42 Å². The molecule has 0 aliphatic carbocycles. The molecule has 0 bridgehead atoms. The summed E-state index contributed by atoms with van der Waals surface area (Å²) in [6.45, 7) is 4.20. The first-order chi connectivity index (χ1) is 9.61. The Morgan fingerprint density at radius 3 is 2.80 bits per heavy atom. The van der Waals surface area contributed by atoms with Gasteiger partial charge in [-0.1, -0.05) is 6.07 Å². The molecule has 0 saturated carbocycles. The van der Waals surface area contributed by atoms with Crippen LogP contribution in [0.2, 0.25) is 0 Å². The van der Waals surface area contributed by atoms with Crippen LogP contribution in [-0.2, 0) is 6.54 Å². The van der Waals surface area contributed by atoms with Gasteiger partial charge in [0, 0.05) is 5.56 Å². The van der Waals surface area contributed by atoms with Crippen molar-refractivity contribution in [2.45, 2.75) is 20.4 Å². The van der Waals surface area contributed by atoms with Gasteiger partial charge in [-0.15, -0.1) is 0 Å². The maximum Gasteiger partial charge on any atom is 0.226 e. The summed E-state index contributed by atoms with van der Waals surface area (Å²) in [4.78, 5) is 8.57. The topological polar surface area (TPSA) is 56.7 Å². The standard InChI is InChI=1S/C14H13FN4O/c1-9-16-10(2)19(18-9)7-13-8-20-14(17-13)11-4-3-5-12(15)6-11/h3-6,8H,7H2,1-2H3. The average molecular weight is 272 g/mol. The fourth-order valence-electron chi connectivity index (χ4n) is 2.00. The number of hydrogen-bond donors (Lipinski definition) is 0. The number of nitrogens with zero attached hydrogens (tertiary/aromatic N) is 4. The lowest BCUT2D eigenvalue weighted by Crippen LogP contribution is -2.04. The van der Waals surface area contributed by atoms with E-state index in [1.54, 1.807) is 23.1 Å². The molecule has 0 atom stereocenters. The van der Waals surface area contributed by atoms with Gasteiger partial charge in [-0.25, -0.2) is 19.0 Å². The Bertz CT molecular complexity index is 747. The second-order valence-corrected chi connectivity index (χ2v) is 4.52. The number of aryl methyl sites for hydroxylation is 2. The minimum Gasteiger partial charge on any atom is -0.444 e. The van der Waals surface area contributed by atoms with E-state index in [1.807, 2.05) is 13.8 Å². The van der Waals surface area contributed by atoms with Gasteiger partial charge in [0.25, 0.3) is 0 Å². The van der Waals surface area contributed by atoms with E-state index < -0.39 is 0 Å². The van der Waals surface area contributed by atoms with Crippen molar-refractivity contribution in [2.24, 2.45) is 0 Å². The highest BCUT2D eigenvalue weighted by Gasteiger charge is 2.10. The third-order valence-corrected chi connectivity index (χ3v) is 2.90. The lowest BCUT2D eigenvalue weighted by atomic mass is 10.2. The van der Waals surface area contributed by atoms with Crippen molar-refractivity contribution in [2.75, 3.05) is 0 Å². The van der Waals surface area contributed by atoms with E-state index in [-0.39, 0.29) is 5.82 Å². The molecule has 0 spiro atoms. The number of oxazole rings is 1. The van der Waals surface area contributed by atoms with Crippen LogP contribution < -0.4 is 0 Å². The summed E-state index contributed by atoms with van der Waals surface area (Å²) < 4.78 is 20.3. The molecule has 0 N–H and O–H groups in total. The molecule has 0 aliphatic rings. The van der Waals surface area contributed by atoms with E-state index in [1.165, 1.54) is 12.1 Å². The van der Waals surface area contributed by atoms with Crippen molar-refractivity contribution in [1.29, 1.82) is 0 Å². The Morgan fingerprint density at radius 2 is 2.10 bits per heavy atom. The quantitative estimate of drug-likeness (QED) is 0.735. The normalized spacial score (nSPS) is 10.9. The summed E-state index contributed by atoms with van der Waals surface area (Å²) >= 11 is 0. The molecule has 0 saturated heterocycles. The summed E-state index contributed by atoms with van der Waals surface area (Å²) in [5.74, 6) is 1.62. The van der Waals surface area contributed by atoms with Gasteiger partial charge in [-0.3, -0.25) is 0 Å². The molecule has 1 aromatic carbocycles. The Morgan fingerprint density at radius 1 is 1.25 bits per heavy atom. The number of rotatable bonds is 3. The SMILES string of the molecule is Cc1nc(C)n(Cc2coc(-c3cccc(F)c3)n2)n1. The predicted octanol–water partition coefficient (Wildman–Crippen LogP) is 2.74. The highest BCUT2D eigenvalue weighted by Crippen LogP contribution is 2.19. The molecular formula is C14H13FN4O. The molecule has 3 aromatic rings. The fourth-order valence-corrected chi connectivity index (χ4v) is 2.00. The summed E-state index contributed by atoms with van der Waals surface area (Å²) in [5, 5.41) is 4.27. The molecule has 102 valence electrons. The Balaban J connectivity index is 1.85. The second kappa shape index (κ2) is 4.88. The zero-order valence-electron chi connectivity index (χ0n) is 11.2. The van der Waals surface area contributed by atoms with Crippen LogP contribution in [0.3, 0.4) is 0 Å². The highest BCUT2D eigenvalue weighted by molar-refractivity contribution is 5.52. The molecule has 5 nitrogen and oxygen atoms in total. The van der Waals surface area contributed by atoms with Crippen LogP contribution in [0.15, 0.2) is 34.9 Å². The van der Waals surface area contributed by atoms with E-state index in [0.29, 0.717) is 18.0 Å². The summed E-state index contributed by atoms with van der Waals surface area (Å²) in [5.41, 5.74) is 1.33. The van der Waals surface area contributed by atoms with Gasteiger partial charge in [-0.05, 0) is 32.0 Å². The van der Waals surface area contributed by atoms with Crippen molar-refractivity contribution < 1.29 is 8.81 Å². The molecule has 6 heteroatoms. The summed E-state index contributed by atoms with van der Waals surface area (Å²) in [6, 6.07) is 6.15. The highest BCUT2D eigenvalue weighted by atomic mass is 19.1. The third kappa shape index (κ3) is 2.45. The monoisotopic (exact) mass is 272 g/mol. The lowest BCUT2D eigenvalue weighted by Gasteiger charge is -1.98. The molecule has 2 aromatic heterocycles. The van der Waals surface area contributed by atoms with Crippen LogP contribution in [0.5, 0.6) is 0 Å². The van der Waals surface area contributed by atoms with Gasteiger partial charge in [0.05, 0.1) is 6.54 Å². The van der Waals surface area contributed by atoms with Crippen LogP contribution in [0.1, 0.15) is 17.3 Å². The van der Waals surface area contributed by atoms with E-state index in [4.69, 9.17) is 4.42 Å². The fraction of sp³-hybridized carbons (Fsp3) is 0.214. The molecule has 3 rings (SSSR count). The summed E-state index contributed by atoms with van der Waals surface area (Å²) in [6.07, 6.45) is 1.55. The first kappa shape index (κ1) is 12.5. The minimum atomic E-state index is -0.315. The maximum absolute atomic E-state index is 13.2. The van der Waals surface area contributed by atoms with Crippen molar-refractivity contribution in [3.8, 4) is 11.5 Å². The molecule has 2 heterocycles. The maximum atomic E-state index is 13.2. The van der Waals surface area contributed by atoms with Crippen LogP contribution in [0.25, 0.3) is 11.5 Å². The van der Waals surface area contributed by atoms with Crippen LogP contribution in [0, 0.1) is 19.7 Å². The number of halogens is 1. The smallest absolute Gasteiger partial charge is 0.226 e. The van der Waals surface area contributed by atoms with Gasteiger partial charge in [0.15, 0.2) is 0 Å². The van der Waals surface area contributed by atoms with Crippen molar-refractivity contribution >= 4 is 0 Å². The first-order valence-corrected chi connectivity index (χ1v) is 6.20. The van der Waals surface area contributed by atoms with E-state index in [0.717, 1.165) is 17.3 Å². The Hall–Kier alpha value is -2.50. The molecule has 0 amide bonds. The number of hydrogen-bond acceptors (Lipinski definition) is 4.